The van der Waals surface area contributed by atoms with Crippen LogP contribution < -0.4 is 5.32 Å². The van der Waals surface area contributed by atoms with Gasteiger partial charge in [0.25, 0.3) is 0 Å². The van der Waals surface area contributed by atoms with Crippen LogP contribution in [0.5, 0.6) is 0 Å². The van der Waals surface area contributed by atoms with E-state index >= 15 is 0 Å². The van der Waals surface area contributed by atoms with E-state index < -0.39 is 5.97 Å². The Morgan fingerprint density at radius 3 is 2.93 bits per heavy atom. The zero-order chi connectivity index (χ0) is 10.4. The highest BCUT2D eigenvalue weighted by atomic mass is 19.1. The fourth-order valence-corrected chi connectivity index (χ4v) is 2.09. The maximum Gasteiger partial charge on any atom is 0.306 e. The first-order chi connectivity index (χ1) is 6.75. The summed E-state index contributed by atoms with van der Waals surface area (Å²) in [6.45, 7) is 1.07. The third-order valence-electron chi connectivity index (χ3n) is 2.87. The van der Waals surface area contributed by atoms with Gasteiger partial charge in [0, 0.05) is 0 Å². The molecule has 2 unspecified atom stereocenters. The van der Waals surface area contributed by atoms with Crippen molar-refractivity contribution >= 4 is 5.97 Å². The van der Waals surface area contributed by atoms with Crippen molar-refractivity contribution in [3.8, 4) is 0 Å². The molecule has 0 spiro atoms. The number of hydrogen-bond donors (Lipinski definition) is 2. The number of aliphatic carboxylic acids is 1. The van der Waals surface area contributed by atoms with Crippen molar-refractivity contribution < 1.29 is 14.3 Å². The van der Waals surface area contributed by atoms with Crippen molar-refractivity contribution in [3.63, 3.8) is 0 Å². The molecule has 14 heavy (non-hydrogen) atoms. The zero-order valence-electron chi connectivity index (χ0n) is 8.34. The third kappa shape index (κ3) is 3.25. The fraction of sp³-hybridized carbons (Fsp3) is 0.900. The second kappa shape index (κ2) is 5.96. The Labute approximate surface area is 83.7 Å². The molecule has 1 saturated carbocycles. The molecule has 0 aromatic heterocycles. The van der Waals surface area contributed by atoms with Crippen LogP contribution in [0.1, 0.15) is 25.7 Å². The van der Waals surface area contributed by atoms with Gasteiger partial charge in [-0.15, -0.1) is 0 Å². The maximum absolute atomic E-state index is 11.8. The highest BCUT2D eigenvalue weighted by Gasteiger charge is 2.32. The summed E-state index contributed by atoms with van der Waals surface area (Å²) in [7, 11) is 0. The van der Waals surface area contributed by atoms with E-state index in [9.17, 15) is 9.18 Å². The second-order valence-corrected chi connectivity index (χ2v) is 3.88. The van der Waals surface area contributed by atoms with Gasteiger partial charge < -0.3 is 10.4 Å². The van der Waals surface area contributed by atoms with Gasteiger partial charge in [-0.1, -0.05) is 6.42 Å². The van der Waals surface area contributed by atoms with E-state index in [1.807, 2.05) is 0 Å². The molecule has 1 rings (SSSR count). The Kier molecular flexibility index (Phi) is 4.87. The van der Waals surface area contributed by atoms with Crippen LogP contribution in [-0.2, 0) is 4.79 Å². The van der Waals surface area contributed by atoms with Crippen molar-refractivity contribution in [2.45, 2.75) is 25.7 Å². The van der Waals surface area contributed by atoms with Crippen molar-refractivity contribution in [3.05, 3.63) is 0 Å². The summed E-state index contributed by atoms with van der Waals surface area (Å²) in [6, 6.07) is 0. The molecule has 82 valence electrons. The van der Waals surface area contributed by atoms with Crippen LogP contribution >= 0.6 is 0 Å². The van der Waals surface area contributed by atoms with E-state index in [4.69, 9.17) is 5.11 Å². The first-order valence-electron chi connectivity index (χ1n) is 5.25. The Hall–Kier alpha value is -0.640. The van der Waals surface area contributed by atoms with Crippen LogP contribution in [0.15, 0.2) is 0 Å². The summed E-state index contributed by atoms with van der Waals surface area (Å²) >= 11 is 0. The molecule has 0 aliphatic heterocycles. The highest BCUT2D eigenvalue weighted by Crippen LogP contribution is 2.31. The number of carboxylic acids is 1. The van der Waals surface area contributed by atoms with Gasteiger partial charge in [0.1, 0.15) is 0 Å². The monoisotopic (exact) mass is 203 g/mol. The second-order valence-electron chi connectivity index (χ2n) is 3.88. The lowest BCUT2D eigenvalue weighted by Crippen LogP contribution is -2.29. The summed E-state index contributed by atoms with van der Waals surface area (Å²) < 4.78 is 11.8. The molecule has 0 amide bonds. The average Bonchev–Trinajstić information content (AvgIpc) is 2.60. The topological polar surface area (TPSA) is 49.3 Å². The van der Waals surface area contributed by atoms with Crippen LogP contribution in [0.2, 0.25) is 0 Å². The molecule has 1 fully saturated rings. The number of alkyl halides is 1. The van der Waals surface area contributed by atoms with Crippen molar-refractivity contribution in [1.82, 2.24) is 5.32 Å². The highest BCUT2D eigenvalue weighted by molar-refractivity contribution is 5.70. The van der Waals surface area contributed by atoms with E-state index in [2.05, 4.69) is 5.32 Å². The van der Waals surface area contributed by atoms with Crippen LogP contribution in [0.25, 0.3) is 0 Å². The molecular formula is C10H18FNO2. The smallest absolute Gasteiger partial charge is 0.306 e. The molecule has 0 aromatic carbocycles. The molecule has 1 aliphatic carbocycles. The molecule has 2 atom stereocenters. The molecule has 1 aliphatic rings. The summed E-state index contributed by atoms with van der Waals surface area (Å²) in [5.74, 6) is -0.625. The van der Waals surface area contributed by atoms with E-state index in [0.29, 0.717) is 13.0 Å². The maximum atomic E-state index is 11.8. The minimum Gasteiger partial charge on any atom is -0.481 e. The molecule has 0 heterocycles. The van der Waals surface area contributed by atoms with Crippen molar-refractivity contribution in [2.24, 2.45) is 11.8 Å². The average molecular weight is 203 g/mol. The predicted molar refractivity (Wildman–Crippen MR) is 51.9 cm³/mol. The van der Waals surface area contributed by atoms with E-state index in [1.165, 1.54) is 0 Å². The van der Waals surface area contributed by atoms with Gasteiger partial charge in [-0.3, -0.25) is 9.18 Å². The molecule has 2 N–H and O–H groups in total. The van der Waals surface area contributed by atoms with Crippen molar-refractivity contribution in [2.75, 3.05) is 19.8 Å². The van der Waals surface area contributed by atoms with E-state index in [1.54, 1.807) is 0 Å². The largest absolute Gasteiger partial charge is 0.481 e. The van der Waals surface area contributed by atoms with Gasteiger partial charge in [0.15, 0.2) is 0 Å². The first kappa shape index (κ1) is 11.4. The molecule has 3 nitrogen and oxygen atoms in total. The standard InChI is InChI=1S/C10H18FNO2/c11-5-2-6-12-7-8-3-1-4-9(8)10(13)14/h8-9,12H,1-7H2,(H,13,14). The van der Waals surface area contributed by atoms with Gasteiger partial charge in [-0.2, -0.15) is 0 Å². The summed E-state index contributed by atoms with van der Waals surface area (Å²) in [6.07, 6.45) is 3.31. The SMILES string of the molecule is O=C(O)C1CCCC1CNCCCF. The van der Waals surface area contributed by atoms with Crippen LogP contribution in [0.3, 0.4) is 0 Å². The summed E-state index contributed by atoms with van der Waals surface area (Å²) in [5.41, 5.74) is 0. The number of carbonyl (C=O) groups is 1. The lowest BCUT2D eigenvalue weighted by atomic mass is 9.96. The van der Waals surface area contributed by atoms with Crippen molar-refractivity contribution in [1.29, 1.82) is 0 Å². The van der Waals surface area contributed by atoms with E-state index in [-0.39, 0.29) is 18.5 Å². The van der Waals surface area contributed by atoms with Crippen LogP contribution in [-0.4, -0.2) is 30.8 Å². The van der Waals surface area contributed by atoms with Crippen LogP contribution in [0.4, 0.5) is 4.39 Å². The number of hydrogen-bond acceptors (Lipinski definition) is 2. The third-order valence-corrected chi connectivity index (χ3v) is 2.87. The lowest BCUT2D eigenvalue weighted by Gasteiger charge is -2.15. The molecule has 0 saturated heterocycles. The Bertz CT molecular complexity index is 187. The zero-order valence-corrected chi connectivity index (χ0v) is 8.34. The summed E-state index contributed by atoms with van der Waals surface area (Å²) in [5, 5.41) is 12.0. The summed E-state index contributed by atoms with van der Waals surface area (Å²) in [4.78, 5) is 10.8. The lowest BCUT2D eigenvalue weighted by molar-refractivity contribution is -0.142. The fourth-order valence-electron chi connectivity index (χ4n) is 2.09. The van der Waals surface area contributed by atoms with Crippen LogP contribution in [0, 0.1) is 11.8 Å². The molecular weight excluding hydrogens is 185 g/mol. The van der Waals surface area contributed by atoms with Gasteiger partial charge in [0.05, 0.1) is 12.6 Å². The quantitative estimate of drug-likeness (QED) is 0.642. The van der Waals surface area contributed by atoms with Gasteiger partial charge in [-0.05, 0) is 38.3 Å². The molecule has 0 aromatic rings. The Morgan fingerprint density at radius 1 is 1.50 bits per heavy atom. The molecule has 0 bridgehead atoms. The molecule has 4 heteroatoms. The van der Waals surface area contributed by atoms with Gasteiger partial charge >= 0.3 is 5.97 Å². The first-order valence-corrected chi connectivity index (χ1v) is 5.25. The van der Waals surface area contributed by atoms with Gasteiger partial charge in [-0.25, -0.2) is 0 Å². The normalized spacial score (nSPS) is 26.6. The number of nitrogens with one attached hydrogen (secondary N) is 1. The van der Waals surface area contributed by atoms with Gasteiger partial charge in [0.2, 0.25) is 0 Å². The minimum absolute atomic E-state index is 0.187. The Morgan fingerprint density at radius 2 is 2.29 bits per heavy atom. The number of halogens is 1. The minimum atomic E-state index is -0.681. The Balaban J connectivity index is 2.19. The predicted octanol–water partition coefficient (Wildman–Crippen LogP) is 1.44. The number of carboxylic acid groups (broad SMARTS) is 1. The van der Waals surface area contributed by atoms with E-state index in [0.717, 1.165) is 25.8 Å². The molecule has 0 radical (unpaired) electrons. The number of rotatable bonds is 6.